The Bertz CT molecular complexity index is 2320. The van der Waals surface area contributed by atoms with Gasteiger partial charge in [-0.15, -0.1) is 9.13 Å². The zero-order chi connectivity index (χ0) is 24.3. The quantitative estimate of drug-likeness (QED) is 0.165. The van der Waals surface area contributed by atoms with Gasteiger partial charge in [0.05, 0.1) is 21.5 Å². The summed E-state index contributed by atoms with van der Waals surface area (Å²) in [6, 6.07) is 35.6. The van der Waals surface area contributed by atoms with Gasteiger partial charge in [-0.25, -0.2) is 0 Å². The first-order valence-electron chi connectivity index (χ1n) is 13.2. The molecule has 2 aromatic heterocycles. The predicted octanol–water partition coefficient (Wildman–Crippen LogP) is 7.21. The van der Waals surface area contributed by atoms with E-state index in [1.807, 2.05) is 0 Å². The normalized spacial score (nSPS) is 15.3. The Morgan fingerprint density at radius 1 is 0.421 bits per heavy atom. The average molecular weight is 483 g/mol. The van der Waals surface area contributed by atoms with Gasteiger partial charge in [-0.3, -0.25) is 0 Å². The molecule has 0 saturated heterocycles. The summed E-state index contributed by atoms with van der Waals surface area (Å²) in [4.78, 5) is 0. The van der Waals surface area contributed by atoms with Crippen molar-refractivity contribution in [3.8, 4) is 11.5 Å². The van der Waals surface area contributed by atoms with Crippen molar-refractivity contribution in [2.75, 3.05) is 0 Å². The lowest BCUT2D eigenvalue weighted by Gasteiger charge is -2.26. The zero-order valence-corrected chi connectivity index (χ0v) is 20.2. The number of rotatable bonds is 0. The van der Waals surface area contributed by atoms with Gasteiger partial charge in [0.25, 0.3) is 0 Å². The van der Waals surface area contributed by atoms with Gasteiger partial charge < -0.3 is 4.74 Å². The highest BCUT2D eigenvalue weighted by Crippen LogP contribution is 2.58. The van der Waals surface area contributed by atoms with E-state index in [0.29, 0.717) is 0 Å². The van der Waals surface area contributed by atoms with Crippen molar-refractivity contribution in [2.24, 2.45) is 0 Å². The third-order valence-corrected chi connectivity index (χ3v) is 9.43. The number of fused-ring (bicyclic) bond motifs is 6. The number of ether oxygens (including phenoxy) is 1. The van der Waals surface area contributed by atoms with Gasteiger partial charge in [0.2, 0.25) is 11.0 Å². The Labute approximate surface area is 216 Å². The third kappa shape index (κ3) is 1.62. The van der Waals surface area contributed by atoms with E-state index in [2.05, 4.69) is 119 Å². The standard InChI is InChI=1S/C35H18N2O/c1-3-9-21-19(7-1)23-13-15-27-31-29(23)33-25(21)11-5-17-36(33)35(31)32-28(38-27)16-14-24-20-8-2-4-10-22(20)26-12-6-18-37(35)34(26)30(24)32/h1-18H/q+2. The number of pyridine rings is 2. The molecule has 0 bridgehead atoms. The Hall–Kier alpha value is -5.02. The van der Waals surface area contributed by atoms with Crippen LogP contribution in [0.15, 0.2) is 109 Å². The molecule has 11 rings (SSSR count). The Morgan fingerprint density at radius 2 is 0.842 bits per heavy atom. The van der Waals surface area contributed by atoms with Crippen LogP contribution in [0.2, 0.25) is 0 Å². The summed E-state index contributed by atoms with van der Waals surface area (Å²) in [5.74, 6) is 1.90. The van der Waals surface area contributed by atoms with Crippen molar-refractivity contribution in [3.05, 3.63) is 121 Å². The van der Waals surface area contributed by atoms with Crippen molar-refractivity contribution in [2.45, 2.75) is 5.66 Å². The molecule has 3 nitrogen and oxygen atoms in total. The molecule has 5 heterocycles. The van der Waals surface area contributed by atoms with Crippen LogP contribution >= 0.6 is 0 Å². The fourth-order valence-corrected chi connectivity index (χ4v) is 8.22. The molecule has 0 unspecified atom stereocenters. The maximum Gasteiger partial charge on any atom is 0.425 e. The first-order chi connectivity index (χ1) is 18.9. The highest BCUT2D eigenvalue weighted by molar-refractivity contribution is 6.28. The smallest absolute Gasteiger partial charge is 0.425 e. The van der Waals surface area contributed by atoms with Crippen LogP contribution in [0.25, 0.3) is 64.9 Å². The van der Waals surface area contributed by atoms with E-state index in [1.165, 1.54) is 76.0 Å². The largest absolute Gasteiger partial charge is 0.456 e. The molecule has 38 heavy (non-hydrogen) atoms. The summed E-state index contributed by atoms with van der Waals surface area (Å²) in [6.07, 6.45) is 4.57. The van der Waals surface area contributed by atoms with Gasteiger partial charge in [-0.1, -0.05) is 48.5 Å². The van der Waals surface area contributed by atoms with Crippen LogP contribution in [0.4, 0.5) is 0 Å². The van der Waals surface area contributed by atoms with Gasteiger partial charge in [-0.05, 0) is 68.7 Å². The van der Waals surface area contributed by atoms with E-state index in [0.717, 1.165) is 11.5 Å². The second kappa shape index (κ2) is 5.61. The van der Waals surface area contributed by atoms with E-state index in [1.54, 1.807) is 0 Å². The van der Waals surface area contributed by atoms with E-state index < -0.39 is 5.66 Å². The monoisotopic (exact) mass is 482 g/mol. The molecule has 0 aliphatic carbocycles. The lowest BCUT2D eigenvalue weighted by molar-refractivity contribution is -0.945. The van der Waals surface area contributed by atoms with Crippen molar-refractivity contribution in [3.63, 3.8) is 0 Å². The fraction of sp³-hybridized carbons (Fsp3) is 0.0286. The molecule has 0 amide bonds. The highest BCUT2D eigenvalue weighted by atomic mass is 16.5. The van der Waals surface area contributed by atoms with Gasteiger partial charge in [0.15, 0.2) is 23.5 Å². The van der Waals surface area contributed by atoms with Gasteiger partial charge in [-0.2, -0.15) is 0 Å². The van der Waals surface area contributed by atoms with Crippen LogP contribution < -0.4 is 13.9 Å². The van der Waals surface area contributed by atoms with Crippen LogP contribution in [0.5, 0.6) is 11.5 Å². The van der Waals surface area contributed by atoms with Gasteiger partial charge >= 0.3 is 5.66 Å². The summed E-state index contributed by atoms with van der Waals surface area (Å²) in [5, 5.41) is 12.9. The summed E-state index contributed by atoms with van der Waals surface area (Å²) in [5.41, 5.74) is 4.55. The minimum Gasteiger partial charge on any atom is -0.456 e. The highest BCUT2D eigenvalue weighted by Gasteiger charge is 2.69. The molecule has 3 aliphatic heterocycles. The van der Waals surface area contributed by atoms with Gasteiger partial charge in [0, 0.05) is 12.1 Å². The second-order valence-corrected chi connectivity index (χ2v) is 10.9. The molecule has 0 fully saturated rings. The number of hydrogen-bond donors (Lipinski definition) is 0. The second-order valence-electron chi connectivity index (χ2n) is 10.9. The molecule has 8 aromatic rings. The van der Waals surface area contributed by atoms with E-state index in [-0.39, 0.29) is 0 Å². The Balaban J connectivity index is 1.51. The van der Waals surface area contributed by atoms with Crippen molar-refractivity contribution < 1.29 is 13.9 Å². The maximum atomic E-state index is 6.80. The number of hydrogen-bond acceptors (Lipinski definition) is 1. The van der Waals surface area contributed by atoms with Crippen LogP contribution in [-0.2, 0) is 5.66 Å². The minimum atomic E-state index is -0.541. The molecule has 0 N–H and O–H groups in total. The molecule has 172 valence electrons. The Kier molecular flexibility index (Phi) is 2.69. The third-order valence-electron chi connectivity index (χ3n) is 9.43. The van der Waals surface area contributed by atoms with E-state index in [9.17, 15) is 0 Å². The molecule has 3 aliphatic rings. The molecular formula is C35H18N2O+2. The molecule has 0 radical (unpaired) electrons. The Morgan fingerprint density at radius 3 is 1.32 bits per heavy atom. The van der Waals surface area contributed by atoms with Crippen molar-refractivity contribution in [1.29, 1.82) is 0 Å². The summed E-state index contributed by atoms with van der Waals surface area (Å²) in [6.45, 7) is 0. The maximum absolute atomic E-state index is 6.80. The number of nitrogens with zero attached hydrogens (tertiary/aromatic N) is 2. The molecule has 6 aromatic carbocycles. The lowest BCUT2D eigenvalue weighted by Crippen LogP contribution is -2.72. The summed E-state index contributed by atoms with van der Waals surface area (Å²) < 4.78 is 11.9. The van der Waals surface area contributed by atoms with Crippen LogP contribution in [0.1, 0.15) is 11.1 Å². The first-order valence-corrected chi connectivity index (χ1v) is 13.2. The van der Waals surface area contributed by atoms with Gasteiger partial charge in [0.1, 0.15) is 11.5 Å². The van der Waals surface area contributed by atoms with Crippen molar-refractivity contribution in [1.82, 2.24) is 0 Å². The molecule has 0 atom stereocenters. The lowest BCUT2D eigenvalue weighted by atomic mass is 9.84. The number of aromatic nitrogens is 2. The van der Waals surface area contributed by atoms with Crippen LogP contribution in [0.3, 0.4) is 0 Å². The number of benzene rings is 6. The summed E-state index contributed by atoms with van der Waals surface area (Å²) in [7, 11) is 0. The molecule has 3 heteroatoms. The zero-order valence-electron chi connectivity index (χ0n) is 20.2. The summed E-state index contributed by atoms with van der Waals surface area (Å²) >= 11 is 0. The van der Waals surface area contributed by atoms with E-state index in [4.69, 9.17) is 4.74 Å². The minimum absolute atomic E-state index is 0.541. The SMILES string of the molecule is c1ccc2c(c1)c1ccc3c4c1c1c2ccc[n+]1C41c2c(ccc4c5ccccc5c5ccc[n+]1c5c24)O3. The van der Waals surface area contributed by atoms with E-state index >= 15 is 0 Å². The topological polar surface area (TPSA) is 17.0 Å². The van der Waals surface area contributed by atoms with Crippen LogP contribution in [-0.4, -0.2) is 0 Å². The molecule has 1 spiro atoms. The first kappa shape index (κ1) is 18.3. The molecule has 0 saturated carbocycles. The average Bonchev–Trinajstić information content (AvgIpc) is 3.47. The predicted molar refractivity (Wildman–Crippen MR) is 150 cm³/mol. The van der Waals surface area contributed by atoms with Crippen molar-refractivity contribution >= 4 is 64.9 Å². The fourth-order valence-electron chi connectivity index (χ4n) is 8.22. The molecular weight excluding hydrogens is 464 g/mol. The van der Waals surface area contributed by atoms with Crippen LogP contribution in [0, 0.1) is 0 Å².